The van der Waals surface area contributed by atoms with Gasteiger partial charge in [0.15, 0.2) is 0 Å². The van der Waals surface area contributed by atoms with Crippen LogP contribution in [0.1, 0.15) is 30.9 Å². The normalized spacial score (nSPS) is 10.6. The van der Waals surface area contributed by atoms with Gasteiger partial charge in [-0.25, -0.2) is 0 Å². The van der Waals surface area contributed by atoms with Crippen molar-refractivity contribution >= 4 is 5.91 Å². The third-order valence-corrected chi connectivity index (χ3v) is 2.99. The summed E-state index contributed by atoms with van der Waals surface area (Å²) in [6.45, 7) is 5.32. The minimum absolute atomic E-state index is 0.0279. The maximum atomic E-state index is 11.3. The van der Waals surface area contributed by atoms with E-state index in [1.807, 2.05) is 6.07 Å². The van der Waals surface area contributed by atoms with Crippen molar-refractivity contribution in [3.05, 3.63) is 29.3 Å². The molecular formula is C15H24N2O2. The highest BCUT2D eigenvalue weighted by atomic mass is 16.5. The fourth-order valence-corrected chi connectivity index (χ4v) is 1.96. The molecule has 106 valence electrons. The van der Waals surface area contributed by atoms with Crippen molar-refractivity contribution in [3.63, 3.8) is 0 Å². The lowest BCUT2D eigenvalue weighted by Gasteiger charge is -2.13. The molecular weight excluding hydrogens is 240 g/mol. The number of carbonyl (C=O) groups is 1. The van der Waals surface area contributed by atoms with Crippen LogP contribution < -0.4 is 15.4 Å². The molecule has 0 saturated heterocycles. The number of nitrogens with one attached hydrogen (secondary N) is 2. The molecule has 2 N–H and O–H groups in total. The molecule has 0 aliphatic heterocycles. The second kappa shape index (κ2) is 7.79. The molecule has 1 amide bonds. The van der Waals surface area contributed by atoms with E-state index in [0.29, 0.717) is 19.0 Å². The highest BCUT2D eigenvalue weighted by molar-refractivity contribution is 5.77. The number of hydrogen-bond acceptors (Lipinski definition) is 3. The molecule has 0 aromatic heterocycles. The van der Waals surface area contributed by atoms with Gasteiger partial charge in [-0.05, 0) is 36.6 Å². The van der Waals surface area contributed by atoms with Crippen LogP contribution in [0.2, 0.25) is 0 Å². The van der Waals surface area contributed by atoms with Crippen molar-refractivity contribution in [2.45, 2.75) is 26.2 Å². The summed E-state index contributed by atoms with van der Waals surface area (Å²) in [7, 11) is 3.46. The van der Waals surface area contributed by atoms with Crippen LogP contribution in [-0.2, 0) is 11.2 Å². The number of rotatable bonds is 7. The Hall–Kier alpha value is -1.55. The monoisotopic (exact) mass is 264 g/mol. The predicted octanol–water partition coefficient (Wildman–Crippen LogP) is 1.70. The van der Waals surface area contributed by atoms with E-state index in [-0.39, 0.29) is 5.91 Å². The van der Waals surface area contributed by atoms with Crippen LogP contribution in [0.25, 0.3) is 0 Å². The molecule has 1 aromatic carbocycles. The summed E-state index contributed by atoms with van der Waals surface area (Å²) in [4.78, 5) is 11.3. The molecule has 4 nitrogen and oxygen atoms in total. The maximum Gasteiger partial charge on any atom is 0.233 e. The summed E-state index contributed by atoms with van der Waals surface area (Å²) in [5.74, 6) is 1.38. The molecule has 0 spiro atoms. The first kappa shape index (κ1) is 15.5. The Labute approximate surface area is 115 Å². The fourth-order valence-electron chi connectivity index (χ4n) is 1.96. The predicted molar refractivity (Wildman–Crippen MR) is 77.7 cm³/mol. The summed E-state index contributed by atoms with van der Waals surface area (Å²) in [6, 6.07) is 6.21. The molecule has 1 aromatic rings. The number of hydrogen-bond donors (Lipinski definition) is 2. The van der Waals surface area contributed by atoms with E-state index in [2.05, 4.69) is 36.6 Å². The van der Waals surface area contributed by atoms with Gasteiger partial charge in [-0.2, -0.15) is 0 Å². The third kappa shape index (κ3) is 4.91. The number of benzene rings is 1. The Bertz CT molecular complexity index is 417. The van der Waals surface area contributed by atoms with Crippen LogP contribution in [0.4, 0.5) is 0 Å². The van der Waals surface area contributed by atoms with Crippen molar-refractivity contribution in [3.8, 4) is 5.75 Å². The van der Waals surface area contributed by atoms with Gasteiger partial charge in [-0.15, -0.1) is 0 Å². The van der Waals surface area contributed by atoms with Gasteiger partial charge >= 0.3 is 0 Å². The van der Waals surface area contributed by atoms with Gasteiger partial charge in [-0.1, -0.05) is 26.0 Å². The molecule has 0 saturated carbocycles. The van der Waals surface area contributed by atoms with E-state index >= 15 is 0 Å². The lowest BCUT2D eigenvalue weighted by Crippen LogP contribution is -2.33. The van der Waals surface area contributed by atoms with Crippen molar-refractivity contribution in [1.29, 1.82) is 0 Å². The van der Waals surface area contributed by atoms with Crippen LogP contribution in [0, 0.1) is 0 Å². The molecule has 0 heterocycles. The number of methoxy groups -OCH3 is 1. The number of carbonyl (C=O) groups excluding carboxylic acids is 1. The second-order valence-electron chi connectivity index (χ2n) is 4.86. The number of ether oxygens (including phenoxy) is 1. The molecule has 0 aliphatic rings. The zero-order chi connectivity index (χ0) is 14.3. The van der Waals surface area contributed by atoms with Gasteiger partial charge in [0.25, 0.3) is 0 Å². The minimum atomic E-state index is 0.0279. The van der Waals surface area contributed by atoms with Gasteiger partial charge in [0, 0.05) is 6.54 Å². The van der Waals surface area contributed by atoms with E-state index < -0.39 is 0 Å². The summed E-state index contributed by atoms with van der Waals surface area (Å²) in [5.41, 5.74) is 2.43. The first-order chi connectivity index (χ1) is 9.08. The zero-order valence-electron chi connectivity index (χ0n) is 12.2. The average Bonchev–Trinajstić information content (AvgIpc) is 2.38. The lowest BCUT2D eigenvalue weighted by molar-refractivity contribution is -0.120. The standard InChI is InChI=1S/C15H24N2O2/c1-11(2)13-9-12(5-6-14(13)19-4)7-8-17-15(18)10-16-3/h5-6,9,11,16H,7-8,10H2,1-4H3,(H,17,18). The van der Waals surface area contributed by atoms with Crippen LogP contribution in [0.15, 0.2) is 18.2 Å². The first-order valence-corrected chi connectivity index (χ1v) is 6.66. The minimum Gasteiger partial charge on any atom is -0.496 e. The molecule has 0 fully saturated rings. The molecule has 0 bridgehead atoms. The fraction of sp³-hybridized carbons (Fsp3) is 0.533. The smallest absolute Gasteiger partial charge is 0.233 e. The van der Waals surface area contributed by atoms with E-state index in [1.165, 1.54) is 11.1 Å². The summed E-state index contributed by atoms with van der Waals surface area (Å²) in [5, 5.41) is 5.70. The lowest BCUT2D eigenvalue weighted by atomic mass is 9.98. The van der Waals surface area contributed by atoms with Crippen LogP contribution >= 0.6 is 0 Å². The van der Waals surface area contributed by atoms with E-state index in [4.69, 9.17) is 4.74 Å². The Kier molecular flexibility index (Phi) is 6.36. The largest absolute Gasteiger partial charge is 0.496 e. The third-order valence-electron chi connectivity index (χ3n) is 2.99. The number of likely N-dealkylation sites (N-methyl/N-ethyl adjacent to an activating group) is 1. The van der Waals surface area contributed by atoms with Crippen molar-refractivity contribution in [2.75, 3.05) is 27.2 Å². The van der Waals surface area contributed by atoms with Gasteiger partial charge in [-0.3, -0.25) is 4.79 Å². The Morgan fingerprint density at radius 2 is 2.11 bits per heavy atom. The Morgan fingerprint density at radius 3 is 2.68 bits per heavy atom. The van der Waals surface area contributed by atoms with Gasteiger partial charge < -0.3 is 15.4 Å². The van der Waals surface area contributed by atoms with Crippen LogP contribution in [-0.4, -0.2) is 33.2 Å². The molecule has 4 heteroatoms. The quantitative estimate of drug-likeness (QED) is 0.788. The zero-order valence-corrected chi connectivity index (χ0v) is 12.2. The van der Waals surface area contributed by atoms with Crippen LogP contribution in [0.5, 0.6) is 5.75 Å². The molecule has 0 radical (unpaired) electrons. The van der Waals surface area contributed by atoms with E-state index in [9.17, 15) is 4.79 Å². The highest BCUT2D eigenvalue weighted by Gasteiger charge is 2.08. The van der Waals surface area contributed by atoms with Crippen molar-refractivity contribution in [1.82, 2.24) is 10.6 Å². The molecule has 0 atom stereocenters. The summed E-state index contributed by atoms with van der Waals surface area (Å²) < 4.78 is 5.36. The highest BCUT2D eigenvalue weighted by Crippen LogP contribution is 2.27. The van der Waals surface area contributed by atoms with Gasteiger partial charge in [0.1, 0.15) is 5.75 Å². The van der Waals surface area contributed by atoms with Crippen molar-refractivity contribution < 1.29 is 9.53 Å². The Balaban J connectivity index is 2.59. The Morgan fingerprint density at radius 1 is 1.37 bits per heavy atom. The maximum absolute atomic E-state index is 11.3. The molecule has 19 heavy (non-hydrogen) atoms. The summed E-state index contributed by atoms with van der Waals surface area (Å²) in [6.07, 6.45) is 0.833. The van der Waals surface area contributed by atoms with Gasteiger partial charge in [0.05, 0.1) is 13.7 Å². The topological polar surface area (TPSA) is 50.4 Å². The molecule has 0 unspecified atom stereocenters. The van der Waals surface area contributed by atoms with Gasteiger partial charge in [0.2, 0.25) is 5.91 Å². The van der Waals surface area contributed by atoms with E-state index in [1.54, 1.807) is 14.2 Å². The average molecular weight is 264 g/mol. The summed E-state index contributed by atoms with van der Waals surface area (Å²) >= 11 is 0. The molecule has 1 rings (SSSR count). The number of amides is 1. The van der Waals surface area contributed by atoms with E-state index in [0.717, 1.165) is 12.2 Å². The van der Waals surface area contributed by atoms with Crippen LogP contribution in [0.3, 0.4) is 0 Å². The second-order valence-corrected chi connectivity index (χ2v) is 4.86. The SMILES string of the molecule is CNCC(=O)NCCc1ccc(OC)c(C(C)C)c1. The molecule has 0 aliphatic carbocycles. The van der Waals surface area contributed by atoms with Crippen molar-refractivity contribution in [2.24, 2.45) is 0 Å². The first-order valence-electron chi connectivity index (χ1n) is 6.66.